The highest BCUT2D eigenvalue weighted by Gasteiger charge is 2.48. The normalized spacial score (nSPS) is 27.6. The molecule has 2 aromatic rings. The van der Waals surface area contributed by atoms with Crippen LogP contribution in [-0.2, 0) is 22.6 Å². The van der Waals surface area contributed by atoms with E-state index in [2.05, 4.69) is 51.8 Å². The molecule has 1 aromatic heterocycles. The van der Waals surface area contributed by atoms with Crippen LogP contribution in [-0.4, -0.2) is 59.2 Å². The lowest BCUT2D eigenvalue weighted by atomic mass is 9.69. The second-order valence-corrected chi connectivity index (χ2v) is 10.9. The summed E-state index contributed by atoms with van der Waals surface area (Å²) in [6.07, 6.45) is 12.9. The summed E-state index contributed by atoms with van der Waals surface area (Å²) in [5.74, 6) is 1.46. The summed E-state index contributed by atoms with van der Waals surface area (Å²) < 4.78 is 7.43. The van der Waals surface area contributed by atoms with Crippen molar-refractivity contribution in [2.24, 2.45) is 11.8 Å². The molecule has 3 saturated heterocycles. The van der Waals surface area contributed by atoms with Crippen molar-refractivity contribution in [3.05, 3.63) is 36.0 Å². The van der Waals surface area contributed by atoms with Crippen molar-refractivity contribution in [3.8, 4) is 0 Å². The van der Waals surface area contributed by atoms with Crippen LogP contribution in [0.5, 0.6) is 0 Å². The van der Waals surface area contributed by atoms with Crippen LogP contribution in [0.2, 0.25) is 0 Å². The summed E-state index contributed by atoms with van der Waals surface area (Å²) in [6.45, 7) is 8.18. The minimum Gasteiger partial charge on any atom is -0.469 e. The molecule has 34 heavy (non-hydrogen) atoms. The number of benzene rings is 1. The molecule has 0 aliphatic carbocycles. The van der Waals surface area contributed by atoms with E-state index in [-0.39, 0.29) is 5.97 Å². The predicted octanol–water partition coefficient (Wildman–Crippen LogP) is 5.46. The molecular formula is C29H43N3O2. The number of rotatable bonds is 9. The van der Waals surface area contributed by atoms with Gasteiger partial charge in [0.05, 0.1) is 7.11 Å². The van der Waals surface area contributed by atoms with E-state index in [0.717, 1.165) is 43.8 Å². The second-order valence-electron chi connectivity index (χ2n) is 10.9. The van der Waals surface area contributed by atoms with Crippen molar-refractivity contribution in [2.45, 2.75) is 89.9 Å². The fourth-order valence-electron chi connectivity index (χ4n) is 7.40. The molecule has 4 heterocycles. The molecule has 0 N–H and O–H groups in total. The van der Waals surface area contributed by atoms with E-state index in [1.165, 1.54) is 81.7 Å². The van der Waals surface area contributed by atoms with Gasteiger partial charge in [0.15, 0.2) is 0 Å². The van der Waals surface area contributed by atoms with Gasteiger partial charge in [0, 0.05) is 55.2 Å². The van der Waals surface area contributed by atoms with Gasteiger partial charge in [0.25, 0.3) is 0 Å². The fraction of sp³-hybridized carbons (Fsp3) is 0.690. The van der Waals surface area contributed by atoms with Crippen molar-refractivity contribution in [1.82, 2.24) is 14.4 Å². The average molecular weight is 466 g/mol. The standard InChI is InChI=1S/C29H43N3O2/c1-3-4-16-31-20-23(24-11-5-6-13-26(24)31)21-32-19-22-10-8-17-30-18-9-12-25(29(22)30)27(32)14-7-15-28(33)34-2/h5-6,11,13,20,22,25,27,29H,3-4,7-10,12,14-19,21H2,1-2H3/t22-,25-,27-,29+/m1/s1. The Labute approximate surface area is 205 Å². The Balaban J connectivity index is 1.42. The number of likely N-dealkylation sites (tertiary alicyclic amines) is 1. The van der Waals surface area contributed by atoms with Gasteiger partial charge in [-0.2, -0.15) is 0 Å². The Morgan fingerprint density at radius 1 is 1.12 bits per heavy atom. The molecule has 186 valence electrons. The molecule has 5 nitrogen and oxygen atoms in total. The van der Waals surface area contributed by atoms with E-state index in [4.69, 9.17) is 4.74 Å². The number of carbonyl (C=O) groups is 1. The number of esters is 1. The van der Waals surface area contributed by atoms with Crippen LogP contribution in [0.15, 0.2) is 30.5 Å². The van der Waals surface area contributed by atoms with Crippen LogP contribution in [0.4, 0.5) is 0 Å². The van der Waals surface area contributed by atoms with Crippen molar-refractivity contribution < 1.29 is 9.53 Å². The van der Waals surface area contributed by atoms with Crippen molar-refractivity contribution in [3.63, 3.8) is 0 Å². The summed E-state index contributed by atoms with van der Waals surface area (Å²) in [6, 6.07) is 10.3. The third-order valence-corrected chi connectivity index (χ3v) is 8.88. The van der Waals surface area contributed by atoms with Gasteiger partial charge in [-0.15, -0.1) is 0 Å². The number of methoxy groups -OCH3 is 1. The Kier molecular flexibility index (Phi) is 7.60. The molecule has 5 heteroatoms. The number of carbonyl (C=O) groups excluding carboxylic acids is 1. The second kappa shape index (κ2) is 10.8. The smallest absolute Gasteiger partial charge is 0.305 e. The maximum Gasteiger partial charge on any atom is 0.305 e. The first kappa shape index (κ1) is 23.9. The number of aromatic nitrogens is 1. The lowest BCUT2D eigenvalue weighted by molar-refractivity contribution is -0.141. The largest absolute Gasteiger partial charge is 0.469 e. The molecule has 0 bridgehead atoms. The first-order chi connectivity index (χ1) is 16.7. The van der Waals surface area contributed by atoms with Crippen molar-refractivity contribution in [2.75, 3.05) is 26.7 Å². The quantitative estimate of drug-likeness (QED) is 0.461. The van der Waals surface area contributed by atoms with Gasteiger partial charge in [0.1, 0.15) is 0 Å². The number of hydrogen-bond acceptors (Lipinski definition) is 4. The van der Waals surface area contributed by atoms with Gasteiger partial charge in [-0.25, -0.2) is 0 Å². The topological polar surface area (TPSA) is 37.7 Å². The van der Waals surface area contributed by atoms with Gasteiger partial charge >= 0.3 is 5.97 Å². The summed E-state index contributed by atoms with van der Waals surface area (Å²) >= 11 is 0. The zero-order valence-electron chi connectivity index (χ0n) is 21.3. The minimum absolute atomic E-state index is 0.0674. The maximum absolute atomic E-state index is 11.9. The third-order valence-electron chi connectivity index (χ3n) is 8.88. The zero-order valence-corrected chi connectivity index (χ0v) is 21.3. The fourth-order valence-corrected chi connectivity index (χ4v) is 7.40. The molecule has 5 rings (SSSR count). The number of aryl methyl sites for hydroxylation is 1. The maximum atomic E-state index is 11.9. The molecule has 1 aromatic carbocycles. The van der Waals surface area contributed by atoms with Crippen molar-refractivity contribution >= 4 is 16.9 Å². The molecule has 0 unspecified atom stereocenters. The van der Waals surface area contributed by atoms with E-state index < -0.39 is 0 Å². The number of ether oxygens (including phenoxy) is 1. The molecular weight excluding hydrogens is 422 g/mol. The van der Waals surface area contributed by atoms with Gasteiger partial charge < -0.3 is 9.30 Å². The number of para-hydroxylation sites is 1. The molecule has 0 amide bonds. The Morgan fingerprint density at radius 2 is 1.94 bits per heavy atom. The number of unbranched alkanes of at least 4 members (excludes halogenated alkanes) is 1. The number of piperidine rings is 3. The average Bonchev–Trinajstić information content (AvgIpc) is 3.21. The van der Waals surface area contributed by atoms with Crippen LogP contribution < -0.4 is 0 Å². The number of nitrogens with zero attached hydrogens (tertiary/aromatic N) is 3. The van der Waals surface area contributed by atoms with E-state index >= 15 is 0 Å². The van der Waals surface area contributed by atoms with Crippen molar-refractivity contribution in [1.29, 1.82) is 0 Å². The van der Waals surface area contributed by atoms with E-state index in [1.54, 1.807) is 0 Å². The number of fused-ring (bicyclic) bond motifs is 1. The lowest BCUT2D eigenvalue weighted by Crippen LogP contribution is -2.64. The van der Waals surface area contributed by atoms with Crippen LogP contribution in [0.3, 0.4) is 0 Å². The molecule has 0 spiro atoms. The molecule has 3 fully saturated rings. The molecule has 0 radical (unpaired) electrons. The number of hydrogen-bond donors (Lipinski definition) is 0. The van der Waals surface area contributed by atoms with Crippen LogP contribution >= 0.6 is 0 Å². The van der Waals surface area contributed by atoms with Gasteiger partial charge in [0.2, 0.25) is 0 Å². The first-order valence-corrected chi connectivity index (χ1v) is 13.8. The summed E-state index contributed by atoms with van der Waals surface area (Å²) in [4.78, 5) is 17.5. The molecule has 3 aliphatic rings. The molecule has 3 aliphatic heterocycles. The SMILES string of the molecule is CCCCn1cc(CN2C[C@H]3CCCN4CCC[C@@H]([C@H]34)[C@H]2CCCC(=O)OC)c2ccccc21. The highest BCUT2D eigenvalue weighted by atomic mass is 16.5. The van der Waals surface area contributed by atoms with Crippen LogP contribution in [0.1, 0.15) is 70.3 Å². The van der Waals surface area contributed by atoms with E-state index in [9.17, 15) is 4.79 Å². The summed E-state index contributed by atoms with van der Waals surface area (Å²) in [7, 11) is 1.51. The Morgan fingerprint density at radius 3 is 2.76 bits per heavy atom. The Bertz CT molecular complexity index is 967. The molecule has 4 atom stereocenters. The third kappa shape index (κ3) is 4.79. The van der Waals surface area contributed by atoms with Gasteiger partial charge in [-0.3, -0.25) is 14.6 Å². The van der Waals surface area contributed by atoms with Crippen LogP contribution in [0.25, 0.3) is 10.9 Å². The Hall–Kier alpha value is -1.85. The first-order valence-electron chi connectivity index (χ1n) is 13.8. The minimum atomic E-state index is -0.0674. The monoisotopic (exact) mass is 465 g/mol. The van der Waals surface area contributed by atoms with Crippen LogP contribution in [0, 0.1) is 11.8 Å². The van der Waals surface area contributed by atoms with Gasteiger partial charge in [-0.1, -0.05) is 31.5 Å². The highest BCUT2D eigenvalue weighted by Crippen LogP contribution is 2.44. The summed E-state index contributed by atoms with van der Waals surface area (Å²) in [5.41, 5.74) is 2.86. The highest BCUT2D eigenvalue weighted by molar-refractivity contribution is 5.84. The van der Waals surface area contributed by atoms with E-state index in [0.29, 0.717) is 12.5 Å². The lowest BCUT2D eigenvalue weighted by Gasteiger charge is -2.57. The zero-order chi connectivity index (χ0) is 23.5. The van der Waals surface area contributed by atoms with E-state index in [1.807, 2.05) is 0 Å². The molecule has 0 saturated carbocycles. The summed E-state index contributed by atoms with van der Waals surface area (Å²) in [5, 5.41) is 1.42. The predicted molar refractivity (Wildman–Crippen MR) is 138 cm³/mol. The van der Waals surface area contributed by atoms with Gasteiger partial charge in [-0.05, 0) is 81.5 Å².